The van der Waals surface area contributed by atoms with Crippen molar-refractivity contribution in [3.8, 4) is 5.75 Å². The number of esters is 1. The average Bonchev–Trinajstić information content (AvgIpc) is 3.36. The maximum Gasteiger partial charge on any atom is 0.416 e. The third-order valence-electron chi connectivity index (χ3n) is 4.39. The lowest BCUT2D eigenvalue weighted by Crippen LogP contribution is -2.16. The van der Waals surface area contributed by atoms with Crippen molar-refractivity contribution in [2.75, 3.05) is 12.4 Å². The number of carbonyl (C=O) groups is 3. The maximum absolute atomic E-state index is 12.8. The molecule has 3 rings (SSSR count). The molecule has 2 aromatic heterocycles. The number of hydrogen-bond acceptors (Lipinski definition) is 7. The summed E-state index contributed by atoms with van der Waals surface area (Å²) in [6.45, 7) is 1.24. The maximum atomic E-state index is 12.8. The Morgan fingerprint density at radius 2 is 1.97 bits per heavy atom. The molecule has 0 aliphatic rings. The molecule has 2 heterocycles. The van der Waals surface area contributed by atoms with Crippen molar-refractivity contribution >= 4 is 34.1 Å². The highest BCUT2D eigenvalue weighted by atomic mass is 32.1. The molecule has 0 aliphatic carbocycles. The Balaban J connectivity index is 1.73. The van der Waals surface area contributed by atoms with Crippen molar-refractivity contribution in [3.05, 3.63) is 63.8 Å². The predicted octanol–water partition coefficient (Wildman–Crippen LogP) is 3.45. The topological polar surface area (TPSA) is 126 Å². The number of carbonyl (C=O) groups excluding carboxylic acids is 3. The highest BCUT2D eigenvalue weighted by Crippen LogP contribution is 2.34. The zero-order chi connectivity index (χ0) is 24.3. The number of nitrogens with two attached hydrogens (primary N) is 1. The fraction of sp³-hybridized carbons (Fsp3) is 0.200. The molecule has 0 aliphatic heterocycles. The monoisotopic (exact) mass is 482 g/mol. The second-order valence-electron chi connectivity index (χ2n) is 6.61. The molecule has 0 atom stereocenters. The van der Waals surface area contributed by atoms with Crippen LogP contribution < -0.4 is 15.8 Å². The number of aromatic nitrogens is 2. The molecule has 3 aromatic rings. The van der Waals surface area contributed by atoms with Crippen molar-refractivity contribution in [3.63, 3.8) is 0 Å². The molecular weight excluding hydrogens is 465 g/mol. The van der Waals surface area contributed by atoms with Gasteiger partial charge in [-0.25, -0.2) is 9.48 Å². The van der Waals surface area contributed by atoms with Crippen LogP contribution in [0.4, 0.5) is 18.2 Å². The van der Waals surface area contributed by atoms with Gasteiger partial charge >= 0.3 is 12.1 Å². The smallest absolute Gasteiger partial charge is 0.416 e. The van der Waals surface area contributed by atoms with E-state index < -0.39 is 29.5 Å². The van der Waals surface area contributed by atoms with Crippen LogP contribution in [0.5, 0.6) is 5.75 Å². The summed E-state index contributed by atoms with van der Waals surface area (Å²) >= 11 is 0.820. The van der Waals surface area contributed by atoms with Gasteiger partial charge in [-0.05, 0) is 36.8 Å². The zero-order valence-corrected chi connectivity index (χ0v) is 18.0. The Labute approximate surface area is 188 Å². The van der Waals surface area contributed by atoms with Gasteiger partial charge in [0.2, 0.25) is 0 Å². The number of hydrogen-bond donors (Lipinski definition) is 2. The van der Waals surface area contributed by atoms with Crippen LogP contribution in [0, 0.1) is 6.92 Å². The SMILES string of the molecule is COC(=O)c1c(NC(=O)c2ccn(COc3cccc(C(F)(F)F)c3)n2)sc(C(N)=O)c1C. The van der Waals surface area contributed by atoms with E-state index in [4.69, 9.17) is 15.2 Å². The van der Waals surface area contributed by atoms with E-state index in [1.807, 2.05) is 0 Å². The van der Waals surface area contributed by atoms with Crippen LogP contribution in [0.25, 0.3) is 0 Å². The molecule has 0 saturated carbocycles. The minimum absolute atomic E-state index is 0.00281. The molecule has 0 fully saturated rings. The second kappa shape index (κ2) is 9.32. The fourth-order valence-electron chi connectivity index (χ4n) is 2.81. The van der Waals surface area contributed by atoms with Crippen LogP contribution in [0.2, 0.25) is 0 Å². The van der Waals surface area contributed by atoms with E-state index in [1.165, 1.54) is 36.0 Å². The number of nitrogens with one attached hydrogen (secondary N) is 1. The molecule has 0 spiro atoms. The quantitative estimate of drug-likeness (QED) is 0.497. The summed E-state index contributed by atoms with van der Waals surface area (Å²) in [7, 11) is 1.15. The number of ether oxygens (including phenoxy) is 2. The van der Waals surface area contributed by atoms with Crippen LogP contribution in [0.1, 0.15) is 41.6 Å². The van der Waals surface area contributed by atoms with Gasteiger partial charge in [-0.1, -0.05) is 6.07 Å². The number of thiophene rings is 1. The van der Waals surface area contributed by atoms with Gasteiger partial charge in [0.25, 0.3) is 11.8 Å². The van der Waals surface area contributed by atoms with Gasteiger partial charge in [-0.2, -0.15) is 18.3 Å². The molecule has 9 nitrogen and oxygen atoms in total. The zero-order valence-electron chi connectivity index (χ0n) is 17.2. The summed E-state index contributed by atoms with van der Waals surface area (Å²) in [5.74, 6) is -2.25. The molecule has 0 unspecified atom stereocenters. The molecule has 2 amide bonds. The number of rotatable bonds is 7. The number of methoxy groups -OCH3 is 1. The van der Waals surface area contributed by atoms with Gasteiger partial charge in [-0.15, -0.1) is 11.3 Å². The Morgan fingerprint density at radius 3 is 2.61 bits per heavy atom. The standard InChI is InChI=1S/C20H17F3N4O5S/c1-10-14(19(30)31-2)18(33-15(10)16(24)28)25-17(29)13-6-7-27(26-13)9-32-12-5-3-4-11(8-12)20(21,22)23/h3-8H,9H2,1-2H3,(H2,24,28)(H,25,29). The number of benzene rings is 1. The predicted molar refractivity (Wildman–Crippen MR) is 111 cm³/mol. The van der Waals surface area contributed by atoms with Crippen LogP contribution in [0.15, 0.2) is 36.5 Å². The number of halogens is 3. The normalized spacial score (nSPS) is 11.2. The van der Waals surface area contributed by atoms with Gasteiger partial charge < -0.3 is 20.5 Å². The van der Waals surface area contributed by atoms with Gasteiger partial charge in [0, 0.05) is 6.20 Å². The molecule has 0 saturated heterocycles. The summed E-state index contributed by atoms with van der Waals surface area (Å²) in [5, 5.41) is 6.57. The Morgan fingerprint density at radius 1 is 1.24 bits per heavy atom. The first-order chi connectivity index (χ1) is 15.5. The highest BCUT2D eigenvalue weighted by Gasteiger charge is 2.30. The minimum atomic E-state index is -4.51. The first-order valence-electron chi connectivity index (χ1n) is 9.17. The summed E-state index contributed by atoms with van der Waals surface area (Å²) in [4.78, 5) is 36.4. The van der Waals surface area contributed by atoms with Crippen molar-refractivity contribution in [1.29, 1.82) is 0 Å². The second-order valence-corrected chi connectivity index (χ2v) is 7.63. The van der Waals surface area contributed by atoms with Crippen molar-refractivity contribution < 1.29 is 37.0 Å². The molecule has 3 N–H and O–H groups in total. The molecule has 174 valence electrons. The van der Waals surface area contributed by atoms with Crippen molar-refractivity contribution in [2.24, 2.45) is 5.73 Å². The van der Waals surface area contributed by atoms with Gasteiger partial charge in [0.15, 0.2) is 12.4 Å². The van der Waals surface area contributed by atoms with E-state index >= 15 is 0 Å². The Bertz CT molecular complexity index is 1220. The van der Waals surface area contributed by atoms with Crippen molar-refractivity contribution in [2.45, 2.75) is 19.8 Å². The molecule has 0 radical (unpaired) electrons. The van der Waals surface area contributed by atoms with Gasteiger partial charge in [0.05, 0.1) is 23.1 Å². The van der Waals surface area contributed by atoms with Gasteiger partial charge in [-0.3, -0.25) is 9.59 Å². The third kappa shape index (κ3) is 5.31. The number of anilines is 1. The third-order valence-corrected chi connectivity index (χ3v) is 5.61. The summed E-state index contributed by atoms with van der Waals surface area (Å²) in [6, 6.07) is 5.68. The largest absolute Gasteiger partial charge is 0.471 e. The lowest BCUT2D eigenvalue weighted by Gasteiger charge is -2.10. The molecule has 0 bridgehead atoms. The molecule has 1 aromatic carbocycles. The average molecular weight is 482 g/mol. The van der Waals surface area contributed by atoms with E-state index in [-0.39, 0.29) is 39.2 Å². The van der Waals surface area contributed by atoms with E-state index in [0.29, 0.717) is 0 Å². The Kier molecular flexibility index (Phi) is 6.72. The summed E-state index contributed by atoms with van der Waals surface area (Å²) in [6.07, 6.45) is -3.12. The Hall–Kier alpha value is -3.87. The van der Waals surface area contributed by atoms with Crippen LogP contribution >= 0.6 is 11.3 Å². The van der Waals surface area contributed by atoms with Crippen LogP contribution in [0.3, 0.4) is 0 Å². The number of alkyl halides is 3. The lowest BCUT2D eigenvalue weighted by molar-refractivity contribution is -0.137. The van der Waals surface area contributed by atoms with Crippen LogP contribution in [-0.2, 0) is 17.6 Å². The van der Waals surface area contributed by atoms with E-state index in [1.54, 1.807) is 0 Å². The fourth-order valence-corrected chi connectivity index (χ4v) is 3.85. The van der Waals surface area contributed by atoms with E-state index in [9.17, 15) is 27.6 Å². The van der Waals surface area contributed by atoms with Gasteiger partial charge in [0.1, 0.15) is 10.8 Å². The molecule has 13 heteroatoms. The molecule has 33 heavy (non-hydrogen) atoms. The van der Waals surface area contributed by atoms with E-state index in [2.05, 4.69) is 10.4 Å². The lowest BCUT2D eigenvalue weighted by atomic mass is 10.1. The number of primary amides is 1. The minimum Gasteiger partial charge on any atom is -0.471 e. The van der Waals surface area contributed by atoms with Crippen molar-refractivity contribution in [1.82, 2.24) is 9.78 Å². The number of nitrogens with zero attached hydrogens (tertiary/aromatic N) is 2. The molecular formula is C20H17F3N4O5S. The summed E-state index contributed by atoms with van der Waals surface area (Å²) < 4.78 is 49.6. The summed E-state index contributed by atoms with van der Waals surface area (Å²) in [5.41, 5.74) is 4.66. The van der Waals surface area contributed by atoms with Crippen LogP contribution in [-0.4, -0.2) is 34.7 Å². The number of amides is 2. The first kappa shape index (κ1) is 23.8. The highest BCUT2D eigenvalue weighted by molar-refractivity contribution is 7.18. The van der Waals surface area contributed by atoms with E-state index in [0.717, 1.165) is 30.6 Å². The first-order valence-corrected chi connectivity index (χ1v) is 9.99.